The second kappa shape index (κ2) is 8.42. The van der Waals surface area contributed by atoms with E-state index in [1.807, 2.05) is 30.3 Å². The molecule has 2 aromatic rings. The molecule has 2 aliphatic heterocycles. The predicted octanol–water partition coefficient (Wildman–Crippen LogP) is 3.14. The van der Waals surface area contributed by atoms with E-state index in [2.05, 4.69) is 34.5 Å². The number of carbonyl (C=O) groups excluding carboxylic acids is 1. The van der Waals surface area contributed by atoms with Gasteiger partial charge < -0.3 is 24.6 Å². The van der Waals surface area contributed by atoms with Crippen molar-refractivity contribution < 1.29 is 14.3 Å². The number of rotatable bonds is 4. The van der Waals surface area contributed by atoms with Gasteiger partial charge in [-0.2, -0.15) is 0 Å². The van der Waals surface area contributed by atoms with Gasteiger partial charge in [0.2, 0.25) is 0 Å². The summed E-state index contributed by atoms with van der Waals surface area (Å²) in [6.07, 6.45) is 1.74. The van der Waals surface area contributed by atoms with Gasteiger partial charge in [0, 0.05) is 31.9 Å². The van der Waals surface area contributed by atoms with Crippen molar-refractivity contribution in [3.63, 3.8) is 0 Å². The maximum Gasteiger partial charge on any atom is 0.317 e. The molecule has 6 heteroatoms. The molecule has 1 unspecified atom stereocenters. The Balaban J connectivity index is 1.23. The van der Waals surface area contributed by atoms with Gasteiger partial charge in [-0.1, -0.05) is 30.3 Å². The maximum absolute atomic E-state index is 12.6. The van der Waals surface area contributed by atoms with E-state index in [9.17, 15) is 4.79 Å². The Labute approximate surface area is 166 Å². The van der Waals surface area contributed by atoms with Gasteiger partial charge in [0.25, 0.3) is 0 Å². The minimum absolute atomic E-state index is 0.0550. The number of para-hydroxylation sites is 3. The highest BCUT2D eigenvalue weighted by molar-refractivity contribution is 5.74. The van der Waals surface area contributed by atoms with Gasteiger partial charge in [0.15, 0.2) is 17.6 Å². The number of carbonyl (C=O) groups is 1. The van der Waals surface area contributed by atoms with Crippen molar-refractivity contribution in [2.24, 2.45) is 0 Å². The Kier molecular flexibility index (Phi) is 5.55. The van der Waals surface area contributed by atoms with Crippen molar-refractivity contribution in [3.8, 4) is 11.5 Å². The van der Waals surface area contributed by atoms with Crippen LogP contribution in [-0.4, -0.2) is 56.4 Å². The fourth-order valence-corrected chi connectivity index (χ4v) is 3.75. The van der Waals surface area contributed by atoms with Crippen LogP contribution in [0.3, 0.4) is 0 Å². The molecule has 28 heavy (non-hydrogen) atoms. The van der Waals surface area contributed by atoms with Crippen molar-refractivity contribution >= 4 is 11.7 Å². The molecule has 6 nitrogen and oxygen atoms in total. The van der Waals surface area contributed by atoms with Gasteiger partial charge >= 0.3 is 6.03 Å². The Morgan fingerprint density at radius 1 is 1.07 bits per heavy atom. The molecule has 0 saturated carbocycles. The molecule has 1 fully saturated rings. The average Bonchev–Trinajstić information content (AvgIpc) is 2.75. The van der Waals surface area contributed by atoms with Crippen LogP contribution in [0.15, 0.2) is 54.6 Å². The normalized spacial score (nSPS) is 19.2. The summed E-state index contributed by atoms with van der Waals surface area (Å²) in [5.74, 6) is 1.50. The number of benzene rings is 2. The molecule has 1 atom stereocenters. The van der Waals surface area contributed by atoms with E-state index in [4.69, 9.17) is 9.47 Å². The first kappa shape index (κ1) is 18.5. The Bertz CT molecular complexity index is 791. The van der Waals surface area contributed by atoms with Crippen molar-refractivity contribution in [2.75, 3.05) is 38.2 Å². The van der Waals surface area contributed by atoms with Gasteiger partial charge in [-0.3, -0.25) is 0 Å². The third-order valence-corrected chi connectivity index (χ3v) is 5.34. The lowest BCUT2D eigenvalue weighted by Crippen LogP contribution is -2.50. The van der Waals surface area contributed by atoms with E-state index >= 15 is 0 Å². The van der Waals surface area contributed by atoms with Crippen LogP contribution in [-0.2, 0) is 0 Å². The minimum atomic E-state index is -0.162. The smallest absolute Gasteiger partial charge is 0.317 e. The van der Waals surface area contributed by atoms with E-state index in [1.54, 1.807) is 11.9 Å². The van der Waals surface area contributed by atoms with Crippen LogP contribution < -0.4 is 19.7 Å². The van der Waals surface area contributed by atoms with E-state index in [0.717, 1.165) is 37.4 Å². The molecule has 148 valence electrons. The van der Waals surface area contributed by atoms with Crippen LogP contribution in [0.1, 0.15) is 12.8 Å². The molecule has 2 heterocycles. The molecule has 0 radical (unpaired) electrons. The van der Waals surface area contributed by atoms with Crippen molar-refractivity contribution in [1.82, 2.24) is 10.2 Å². The highest BCUT2D eigenvalue weighted by Gasteiger charge is 2.26. The van der Waals surface area contributed by atoms with Crippen LogP contribution in [0.4, 0.5) is 10.5 Å². The third kappa shape index (κ3) is 4.32. The second-order valence-corrected chi connectivity index (χ2v) is 7.42. The summed E-state index contributed by atoms with van der Waals surface area (Å²) in [7, 11) is 1.80. The van der Waals surface area contributed by atoms with E-state index in [-0.39, 0.29) is 18.2 Å². The molecule has 0 aliphatic carbocycles. The summed E-state index contributed by atoms with van der Waals surface area (Å²) in [5.41, 5.74) is 1.25. The van der Waals surface area contributed by atoms with Crippen LogP contribution in [0, 0.1) is 0 Å². The number of nitrogens with zero attached hydrogens (tertiary/aromatic N) is 2. The molecule has 2 amide bonds. The Morgan fingerprint density at radius 3 is 2.50 bits per heavy atom. The lowest BCUT2D eigenvalue weighted by molar-refractivity contribution is 0.0711. The summed E-state index contributed by atoms with van der Waals surface area (Å²) in [6.45, 7) is 2.84. The number of urea groups is 1. The summed E-state index contributed by atoms with van der Waals surface area (Å²) in [4.78, 5) is 16.6. The van der Waals surface area contributed by atoms with E-state index in [0.29, 0.717) is 13.2 Å². The first-order valence-electron chi connectivity index (χ1n) is 9.89. The number of ether oxygens (including phenoxy) is 2. The highest BCUT2D eigenvalue weighted by Crippen LogP contribution is 2.31. The average molecular weight is 381 g/mol. The summed E-state index contributed by atoms with van der Waals surface area (Å²) >= 11 is 0. The van der Waals surface area contributed by atoms with Gasteiger partial charge in [0.05, 0.1) is 6.54 Å². The Hall–Kier alpha value is -2.89. The van der Waals surface area contributed by atoms with Gasteiger partial charge in [-0.05, 0) is 37.1 Å². The van der Waals surface area contributed by atoms with Crippen molar-refractivity contribution in [2.45, 2.75) is 25.0 Å². The largest absolute Gasteiger partial charge is 0.486 e. The van der Waals surface area contributed by atoms with Crippen molar-refractivity contribution in [3.05, 3.63) is 54.6 Å². The molecular weight excluding hydrogens is 354 g/mol. The molecular formula is C22H27N3O3. The minimum Gasteiger partial charge on any atom is -0.486 e. The zero-order chi connectivity index (χ0) is 19.3. The number of amides is 2. The summed E-state index contributed by atoms with van der Waals surface area (Å²) in [6, 6.07) is 18.2. The standard InChI is InChI=1S/C22H27N3O3/c1-24(15-19-16-27-20-9-5-6-10-21(20)28-19)22(26)23-17-11-13-25(14-12-17)18-7-3-2-4-8-18/h2-10,17,19H,11-16H2,1H3,(H,23,26). The number of hydrogen-bond acceptors (Lipinski definition) is 4. The first-order chi connectivity index (χ1) is 13.7. The molecule has 2 aliphatic rings. The maximum atomic E-state index is 12.6. The molecule has 0 aromatic heterocycles. The Morgan fingerprint density at radius 2 is 1.75 bits per heavy atom. The quantitative estimate of drug-likeness (QED) is 0.884. The van der Waals surface area contributed by atoms with Crippen LogP contribution >= 0.6 is 0 Å². The highest BCUT2D eigenvalue weighted by atomic mass is 16.6. The lowest BCUT2D eigenvalue weighted by Gasteiger charge is -2.35. The number of anilines is 1. The SMILES string of the molecule is CN(CC1COc2ccccc2O1)C(=O)NC1CCN(c2ccccc2)CC1. The fraction of sp³-hybridized carbons (Fsp3) is 0.409. The fourth-order valence-electron chi connectivity index (χ4n) is 3.75. The number of nitrogens with one attached hydrogen (secondary N) is 1. The van der Waals surface area contributed by atoms with Gasteiger partial charge in [-0.25, -0.2) is 4.79 Å². The van der Waals surface area contributed by atoms with Crippen molar-refractivity contribution in [1.29, 1.82) is 0 Å². The van der Waals surface area contributed by atoms with Gasteiger partial charge in [0.1, 0.15) is 6.61 Å². The molecule has 0 spiro atoms. The second-order valence-electron chi connectivity index (χ2n) is 7.42. The first-order valence-corrected chi connectivity index (χ1v) is 9.89. The molecule has 1 saturated heterocycles. The predicted molar refractivity (Wildman–Crippen MR) is 109 cm³/mol. The monoisotopic (exact) mass is 381 g/mol. The number of hydrogen-bond donors (Lipinski definition) is 1. The van der Waals surface area contributed by atoms with E-state index < -0.39 is 0 Å². The number of fused-ring (bicyclic) bond motifs is 1. The molecule has 1 N–H and O–H groups in total. The summed E-state index contributed by atoms with van der Waals surface area (Å²) < 4.78 is 11.7. The zero-order valence-electron chi connectivity index (χ0n) is 16.2. The topological polar surface area (TPSA) is 54.0 Å². The molecule has 2 aromatic carbocycles. The molecule has 4 rings (SSSR count). The number of likely N-dealkylation sites (N-methyl/N-ethyl adjacent to an activating group) is 1. The van der Waals surface area contributed by atoms with Crippen LogP contribution in [0.2, 0.25) is 0 Å². The zero-order valence-corrected chi connectivity index (χ0v) is 16.2. The van der Waals surface area contributed by atoms with Crippen LogP contribution in [0.25, 0.3) is 0 Å². The van der Waals surface area contributed by atoms with Gasteiger partial charge in [-0.15, -0.1) is 0 Å². The van der Waals surface area contributed by atoms with Crippen LogP contribution in [0.5, 0.6) is 11.5 Å². The van der Waals surface area contributed by atoms with E-state index in [1.165, 1.54) is 5.69 Å². The molecule has 0 bridgehead atoms. The summed E-state index contributed by atoms with van der Waals surface area (Å²) in [5, 5.41) is 3.16. The number of piperidine rings is 1. The lowest BCUT2D eigenvalue weighted by atomic mass is 10.0. The third-order valence-electron chi connectivity index (χ3n) is 5.34.